The maximum Gasteiger partial charge on any atom is 0.407 e. The number of halogens is 1. The van der Waals surface area contributed by atoms with E-state index < -0.39 is 5.60 Å². The molecule has 1 aromatic carbocycles. The highest BCUT2D eigenvalue weighted by Crippen LogP contribution is 2.14. The van der Waals surface area contributed by atoms with Crippen molar-refractivity contribution in [2.24, 2.45) is 4.99 Å². The van der Waals surface area contributed by atoms with Crippen molar-refractivity contribution in [3.63, 3.8) is 0 Å². The highest BCUT2D eigenvalue weighted by Gasteiger charge is 2.27. The van der Waals surface area contributed by atoms with E-state index in [1.807, 2.05) is 32.9 Å². The zero-order chi connectivity index (χ0) is 22.9. The molecule has 1 saturated heterocycles. The summed E-state index contributed by atoms with van der Waals surface area (Å²) in [4.78, 5) is 20.7. The van der Waals surface area contributed by atoms with Crippen LogP contribution in [-0.4, -0.2) is 80.9 Å². The minimum absolute atomic E-state index is 0. The Morgan fingerprint density at radius 2 is 1.94 bits per heavy atom. The summed E-state index contributed by atoms with van der Waals surface area (Å²) in [6.07, 6.45) is 1.50. The third-order valence-corrected chi connectivity index (χ3v) is 4.81. The Hall–Kier alpha value is -1.75. The number of carbonyl (C=O) groups is 1. The molecule has 1 aromatic rings. The molecule has 0 saturated carbocycles. The number of ether oxygens (including phenoxy) is 2. The molecular weight excluding hydrogens is 521 g/mol. The van der Waals surface area contributed by atoms with E-state index in [9.17, 15) is 4.79 Å². The van der Waals surface area contributed by atoms with Crippen LogP contribution in [0.3, 0.4) is 0 Å². The van der Waals surface area contributed by atoms with Crippen LogP contribution in [0.4, 0.5) is 4.79 Å². The van der Waals surface area contributed by atoms with Gasteiger partial charge in [-0.05, 0) is 65.4 Å². The lowest BCUT2D eigenvalue weighted by Crippen LogP contribution is -2.44. The van der Waals surface area contributed by atoms with Gasteiger partial charge in [-0.3, -0.25) is 4.99 Å². The molecule has 2 N–H and O–H groups in total. The quantitative estimate of drug-likeness (QED) is 0.220. The predicted molar refractivity (Wildman–Crippen MR) is 140 cm³/mol. The van der Waals surface area contributed by atoms with Crippen LogP contribution in [-0.2, 0) is 11.3 Å². The summed E-state index contributed by atoms with van der Waals surface area (Å²) in [5.74, 6) is 1.72. The molecule has 8 nitrogen and oxygen atoms in total. The average Bonchev–Trinajstić information content (AvgIpc) is 3.13. The largest absolute Gasteiger partial charge is 0.494 e. The Morgan fingerprint density at radius 3 is 2.53 bits per heavy atom. The first-order valence-electron chi connectivity index (χ1n) is 11.0. The van der Waals surface area contributed by atoms with Crippen LogP contribution in [0.2, 0.25) is 0 Å². The van der Waals surface area contributed by atoms with Crippen molar-refractivity contribution >= 4 is 36.0 Å². The van der Waals surface area contributed by atoms with Crippen molar-refractivity contribution in [2.45, 2.75) is 51.8 Å². The molecule has 9 heteroatoms. The topological polar surface area (TPSA) is 78.4 Å². The van der Waals surface area contributed by atoms with E-state index in [1.54, 1.807) is 7.05 Å². The smallest absolute Gasteiger partial charge is 0.407 e. The van der Waals surface area contributed by atoms with Gasteiger partial charge in [-0.2, -0.15) is 0 Å². The van der Waals surface area contributed by atoms with Gasteiger partial charge < -0.3 is 29.9 Å². The molecule has 32 heavy (non-hydrogen) atoms. The fraction of sp³-hybridized carbons (Fsp3) is 0.652. The first-order chi connectivity index (χ1) is 14.7. The lowest BCUT2D eigenvalue weighted by Gasteiger charge is -2.23. The molecule has 1 aliphatic heterocycles. The van der Waals surface area contributed by atoms with Crippen molar-refractivity contribution < 1.29 is 14.3 Å². The van der Waals surface area contributed by atoms with Crippen molar-refractivity contribution in [3.8, 4) is 5.75 Å². The number of carbonyl (C=O) groups excluding carboxylic acids is 1. The Bertz CT molecular complexity index is 719. The van der Waals surface area contributed by atoms with Gasteiger partial charge >= 0.3 is 6.09 Å². The maximum absolute atomic E-state index is 12.0. The van der Waals surface area contributed by atoms with Gasteiger partial charge in [-0.15, -0.1) is 24.0 Å². The van der Waals surface area contributed by atoms with Gasteiger partial charge in [0.1, 0.15) is 11.4 Å². The van der Waals surface area contributed by atoms with Crippen LogP contribution in [0.5, 0.6) is 5.75 Å². The number of likely N-dealkylation sites (tertiary alicyclic amines) is 1. The summed E-state index contributed by atoms with van der Waals surface area (Å²) < 4.78 is 11.1. The first kappa shape index (κ1) is 28.3. The summed E-state index contributed by atoms with van der Waals surface area (Å²) >= 11 is 0. The zero-order valence-electron chi connectivity index (χ0n) is 20.3. The molecule has 1 amide bonds. The van der Waals surface area contributed by atoms with Crippen molar-refractivity contribution in [1.82, 2.24) is 20.4 Å². The molecule has 0 spiro atoms. The Kier molecular flexibility index (Phi) is 12.1. The molecule has 0 radical (unpaired) electrons. The van der Waals surface area contributed by atoms with Crippen molar-refractivity contribution in [3.05, 3.63) is 29.8 Å². The number of nitrogens with one attached hydrogen (secondary N) is 2. The summed E-state index contributed by atoms with van der Waals surface area (Å²) in [6.45, 7) is 9.55. The average molecular weight is 562 g/mol. The molecular formula is C23H40IN5O3. The van der Waals surface area contributed by atoms with Crippen LogP contribution < -0.4 is 15.4 Å². The van der Waals surface area contributed by atoms with E-state index in [1.165, 1.54) is 0 Å². The number of hydrogen-bond acceptors (Lipinski definition) is 5. The van der Waals surface area contributed by atoms with Gasteiger partial charge in [0, 0.05) is 33.2 Å². The second-order valence-electron chi connectivity index (χ2n) is 9.13. The normalized spacial score (nSPS) is 16.5. The zero-order valence-corrected chi connectivity index (χ0v) is 22.6. The number of benzene rings is 1. The fourth-order valence-corrected chi connectivity index (χ4v) is 3.33. The highest BCUT2D eigenvalue weighted by molar-refractivity contribution is 14.0. The second-order valence-corrected chi connectivity index (χ2v) is 9.13. The Morgan fingerprint density at radius 1 is 1.25 bits per heavy atom. The second kappa shape index (κ2) is 13.7. The number of aliphatic imine (C=N–C) groups is 1. The van der Waals surface area contributed by atoms with Gasteiger partial charge in [-0.25, -0.2) is 4.79 Å². The Balaban J connectivity index is 0.00000512. The fourth-order valence-electron chi connectivity index (χ4n) is 3.33. The molecule has 0 aromatic heterocycles. The predicted octanol–water partition coefficient (Wildman–Crippen LogP) is 3.31. The van der Waals surface area contributed by atoms with E-state index in [2.05, 4.69) is 51.7 Å². The highest BCUT2D eigenvalue weighted by atomic mass is 127. The van der Waals surface area contributed by atoms with Crippen LogP contribution in [0.15, 0.2) is 29.3 Å². The van der Waals surface area contributed by atoms with Crippen LogP contribution in [0, 0.1) is 0 Å². The van der Waals surface area contributed by atoms with E-state index in [-0.39, 0.29) is 36.1 Å². The molecule has 1 fully saturated rings. The van der Waals surface area contributed by atoms with Gasteiger partial charge in [0.05, 0.1) is 12.6 Å². The van der Waals surface area contributed by atoms with Crippen molar-refractivity contribution in [2.75, 3.05) is 47.4 Å². The number of amides is 1. The minimum Gasteiger partial charge on any atom is -0.494 e. The first-order valence-corrected chi connectivity index (χ1v) is 11.0. The van der Waals surface area contributed by atoms with Gasteiger partial charge in [0.15, 0.2) is 5.96 Å². The SMILES string of the molecule is CN=C(NCc1ccc(OCCCN(C)C)cc1)N1CCC(NC(=O)OC(C)(C)C)C1.I. The molecule has 182 valence electrons. The van der Waals surface area contributed by atoms with Crippen LogP contribution in [0.25, 0.3) is 0 Å². The summed E-state index contributed by atoms with van der Waals surface area (Å²) in [5, 5.41) is 6.36. The summed E-state index contributed by atoms with van der Waals surface area (Å²) in [6, 6.07) is 8.20. The van der Waals surface area contributed by atoms with Crippen LogP contribution in [0.1, 0.15) is 39.2 Å². The molecule has 1 atom stereocenters. The van der Waals surface area contributed by atoms with Gasteiger partial charge in [0.2, 0.25) is 0 Å². The minimum atomic E-state index is -0.493. The van der Waals surface area contributed by atoms with E-state index in [0.29, 0.717) is 13.1 Å². The molecule has 2 rings (SSSR count). The number of nitrogens with zero attached hydrogens (tertiary/aromatic N) is 3. The Labute approximate surface area is 210 Å². The van der Waals surface area contributed by atoms with E-state index in [4.69, 9.17) is 9.47 Å². The number of alkyl carbamates (subject to hydrolysis) is 1. The monoisotopic (exact) mass is 561 g/mol. The molecule has 1 heterocycles. The number of hydrogen-bond donors (Lipinski definition) is 2. The number of guanidine groups is 1. The van der Waals surface area contributed by atoms with E-state index in [0.717, 1.165) is 49.8 Å². The molecule has 0 aliphatic carbocycles. The third-order valence-electron chi connectivity index (χ3n) is 4.81. The standard InChI is InChI=1S/C23H39N5O3.HI/c1-23(2,3)31-22(29)26-19-12-14-28(17-19)21(24-4)25-16-18-8-10-20(11-9-18)30-15-7-13-27(5)6;/h8-11,19H,7,12-17H2,1-6H3,(H,24,25)(H,26,29);1H. The maximum atomic E-state index is 12.0. The molecule has 1 unspecified atom stereocenters. The lowest BCUT2D eigenvalue weighted by molar-refractivity contribution is 0.0507. The molecule has 0 bridgehead atoms. The number of rotatable bonds is 8. The van der Waals surface area contributed by atoms with Crippen LogP contribution >= 0.6 is 24.0 Å². The molecule has 1 aliphatic rings. The van der Waals surface area contributed by atoms with Gasteiger partial charge in [-0.1, -0.05) is 12.1 Å². The summed E-state index contributed by atoms with van der Waals surface area (Å²) in [7, 11) is 5.91. The van der Waals surface area contributed by atoms with Crippen molar-refractivity contribution in [1.29, 1.82) is 0 Å². The van der Waals surface area contributed by atoms with Gasteiger partial charge in [0.25, 0.3) is 0 Å². The third kappa shape index (κ3) is 10.7. The summed E-state index contributed by atoms with van der Waals surface area (Å²) in [5.41, 5.74) is 0.664. The lowest BCUT2D eigenvalue weighted by atomic mass is 10.2. The van der Waals surface area contributed by atoms with E-state index >= 15 is 0 Å².